The Morgan fingerprint density at radius 3 is 1.98 bits per heavy atom. The van der Waals surface area contributed by atoms with Crippen molar-refractivity contribution in [3.63, 3.8) is 0 Å². The number of ether oxygens (including phenoxy) is 2. The van der Waals surface area contributed by atoms with Crippen molar-refractivity contribution in [2.45, 2.75) is 76.5 Å². The molecule has 14 nitrogen and oxygen atoms in total. The molecule has 63 heavy (non-hydrogen) atoms. The second-order valence-corrected chi connectivity index (χ2v) is 17.0. The summed E-state index contributed by atoms with van der Waals surface area (Å²) < 4.78 is 9.65. The lowest BCUT2D eigenvalue weighted by atomic mass is 9.83. The Balaban J connectivity index is 0.906. The molecule has 1 aliphatic carbocycles. The van der Waals surface area contributed by atoms with Gasteiger partial charge in [0.1, 0.15) is 23.7 Å². The maximum Gasteiger partial charge on any atom is 0.407 e. The molecule has 324 valence electrons. The minimum atomic E-state index is -0.877. The number of nitrogens with one attached hydrogen (secondary N) is 4. The Bertz CT molecular complexity index is 2690. The smallest absolute Gasteiger partial charge is 0.407 e. The van der Waals surface area contributed by atoms with E-state index in [0.717, 1.165) is 83.6 Å². The first-order valence-electron chi connectivity index (χ1n) is 21.8. The predicted molar refractivity (Wildman–Crippen MR) is 238 cm³/mol. The van der Waals surface area contributed by atoms with Gasteiger partial charge in [-0.2, -0.15) is 0 Å². The normalized spacial score (nSPS) is 17.9. The summed E-state index contributed by atoms with van der Waals surface area (Å²) in [6.45, 7) is 4.98. The Kier molecular flexibility index (Phi) is 11.5. The van der Waals surface area contributed by atoms with Crippen molar-refractivity contribution in [2.24, 2.45) is 5.92 Å². The van der Waals surface area contributed by atoms with Crippen LogP contribution in [-0.4, -0.2) is 87.1 Å². The average Bonchev–Trinajstić information content (AvgIpc) is 4.16. The van der Waals surface area contributed by atoms with E-state index in [4.69, 9.17) is 19.4 Å². The fourth-order valence-corrected chi connectivity index (χ4v) is 9.55. The van der Waals surface area contributed by atoms with Gasteiger partial charge in [0.2, 0.25) is 5.91 Å². The second kappa shape index (κ2) is 17.4. The molecule has 0 unspecified atom stereocenters. The molecule has 14 heteroatoms. The SMILES string of the molecule is COC(=O)N[C@H](C(=O)N1CCC[C@H]1c1nc2ccc(-c3ccc4c(c3)CCc3cc(-c5cnc([C@@H]6CCCN6C(=O)[C@H](NC(=O)OC)c6ccccc6)[nH]5)ccc3-4)cc2[nH]1)C(C)C. The first kappa shape index (κ1) is 41.4. The molecule has 4 amide bonds. The van der Waals surface area contributed by atoms with Crippen molar-refractivity contribution >= 4 is 35.0 Å². The van der Waals surface area contributed by atoms with Crippen LogP contribution in [0.4, 0.5) is 9.59 Å². The zero-order valence-electron chi connectivity index (χ0n) is 35.9. The number of aromatic nitrogens is 4. The minimum absolute atomic E-state index is 0.107. The van der Waals surface area contributed by atoms with Crippen LogP contribution < -0.4 is 10.6 Å². The van der Waals surface area contributed by atoms with Gasteiger partial charge in [-0.15, -0.1) is 0 Å². The van der Waals surface area contributed by atoms with Crippen molar-refractivity contribution in [1.82, 2.24) is 40.4 Å². The Hall–Kier alpha value is -6.96. The number of hydrogen-bond donors (Lipinski definition) is 4. The summed E-state index contributed by atoms with van der Waals surface area (Å²) in [6.07, 6.45) is 5.58. The number of H-pyrrole nitrogens is 2. The molecule has 0 saturated carbocycles. The van der Waals surface area contributed by atoms with Crippen LogP contribution in [0, 0.1) is 5.92 Å². The summed E-state index contributed by atoms with van der Waals surface area (Å²) in [6, 6.07) is 26.7. The van der Waals surface area contributed by atoms with E-state index in [1.165, 1.54) is 36.5 Å². The highest BCUT2D eigenvalue weighted by Crippen LogP contribution is 2.40. The number of likely N-dealkylation sites (tertiary alicyclic amines) is 2. The molecule has 2 aliphatic heterocycles. The van der Waals surface area contributed by atoms with Crippen molar-refractivity contribution in [3.05, 3.63) is 119 Å². The molecule has 4 aromatic carbocycles. The number of nitrogens with zero attached hydrogens (tertiary/aromatic N) is 4. The van der Waals surface area contributed by atoms with Crippen molar-refractivity contribution < 1.29 is 28.7 Å². The lowest BCUT2D eigenvalue weighted by Gasteiger charge is -2.29. The Morgan fingerprint density at radius 2 is 1.30 bits per heavy atom. The van der Waals surface area contributed by atoms with Gasteiger partial charge >= 0.3 is 12.2 Å². The number of hydrogen-bond acceptors (Lipinski definition) is 8. The average molecular weight is 849 g/mol. The van der Waals surface area contributed by atoms with Crippen molar-refractivity contribution in [1.29, 1.82) is 0 Å². The first-order valence-corrected chi connectivity index (χ1v) is 21.8. The third-order valence-corrected chi connectivity index (χ3v) is 12.8. The van der Waals surface area contributed by atoms with Crippen LogP contribution in [0.5, 0.6) is 0 Å². The van der Waals surface area contributed by atoms with E-state index in [2.05, 4.69) is 69.1 Å². The molecule has 2 fully saturated rings. The quantitative estimate of drug-likeness (QED) is 0.107. The van der Waals surface area contributed by atoms with E-state index >= 15 is 0 Å². The van der Waals surface area contributed by atoms with Gasteiger partial charge in [-0.3, -0.25) is 9.59 Å². The van der Waals surface area contributed by atoms with Crippen LogP contribution in [-0.2, 0) is 31.9 Å². The molecule has 6 aromatic rings. The van der Waals surface area contributed by atoms with Crippen LogP contribution in [0.3, 0.4) is 0 Å². The van der Waals surface area contributed by atoms with E-state index in [0.29, 0.717) is 18.7 Å². The zero-order chi connectivity index (χ0) is 43.8. The fraction of sp³-hybridized carbons (Fsp3) is 0.347. The monoisotopic (exact) mass is 848 g/mol. The lowest BCUT2D eigenvalue weighted by molar-refractivity contribution is -0.135. The van der Waals surface area contributed by atoms with Crippen molar-refractivity contribution in [3.8, 4) is 33.5 Å². The summed E-state index contributed by atoms with van der Waals surface area (Å²) in [5.41, 5.74) is 11.6. The van der Waals surface area contributed by atoms with Crippen LogP contribution in [0.15, 0.2) is 91.1 Å². The van der Waals surface area contributed by atoms with Crippen molar-refractivity contribution in [2.75, 3.05) is 27.3 Å². The molecule has 3 aliphatic rings. The van der Waals surface area contributed by atoms with Crippen LogP contribution in [0.2, 0.25) is 0 Å². The van der Waals surface area contributed by atoms with E-state index < -0.39 is 24.3 Å². The highest BCUT2D eigenvalue weighted by atomic mass is 16.5. The number of methoxy groups -OCH3 is 2. The van der Waals surface area contributed by atoms with Gasteiger partial charge in [-0.25, -0.2) is 19.6 Å². The van der Waals surface area contributed by atoms with Gasteiger partial charge in [0.15, 0.2) is 0 Å². The maximum atomic E-state index is 14.0. The molecule has 0 radical (unpaired) electrons. The van der Waals surface area contributed by atoms with Gasteiger partial charge in [0.05, 0.1) is 49.2 Å². The topological polar surface area (TPSA) is 175 Å². The number of benzene rings is 4. The number of amides is 4. The predicted octanol–water partition coefficient (Wildman–Crippen LogP) is 8.19. The van der Waals surface area contributed by atoms with E-state index in [1.807, 2.05) is 66.2 Å². The number of aryl methyl sites for hydroxylation is 2. The van der Waals surface area contributed by atoms with E-state index in [9.17, 15) is 19.2 Å². The molecule has 2 aromatic heterocycles. The van der Waals surface area contributed by atoms with Gasteiger partial charge in [0, 0.05) is 13.1 Å². The molecule has 2 saturated heterocycles. The molecule has 0 spiro atoms. The van der Waals surface area contributed by atoms with E-state index in [1.54, 1.807) is 0 Å². The molecule has 4 heterocycles. The zero-order valence-corrected chi connectivity index (χ0v) is 35.9. The van der Waals surface area contributed by atoms with E-state index in [-0.39, 0.29) is 29.8 Å². The molecule has 4 atom stereocenters. The third kappa shape index (κ3) is 8.13. The third-order valence-electron chi connectivity index (χ3n) is 12.8. The highest BCUT2D eigenvalue weighted by Gasteiger charge is 2.39. The number of carbonyl (C=O) groups excluding carboxylic acids is 4. The number of rotatable bonds is 10. The van der Waals surface area contributed by atoms with Gasteiger partial charge < -0.3 is 39.9 Å². The summed E-state index contributed by atoms with van der Waals surface area (Å²) >= 11 is 0. The molecular formula is C49H52N8O6. The lowest BCUT2D eigenvalue weighted by Crippen LogP contribution is -2.51. The fourth-order valence-electron chi connectivity index (χ4n) is 9.55. The first-order chi connectivity index (χ1) is 30.6. The summed E-state index contributed by atoms with van der Waals surface area (Å²) in [5, 5.41) is 5.45. The second-order valence-electron chi connectivity index (χ2n) is 17.0. The number of carbonyl (C=O) groups is 4. The standard InChI is InChI=1S/C49H52N8O6/c1-28(2)42(54-48(60)62-3)46(58)57-23-9-13-41(57)45-51-37-21-18-31(26-38(37)52-45)30-16-19-35-32(24-30)14-15-33-25-34(17-20-36(33)35)39-27-50-44(53-39)40-12-8-22-56(40)47(59)43(55-49(61)63-4)29-10-6-5-7-11-29/h5-7,10-11,16-21,24-28,40-43H,8-9,12-15,22-23H2,1-4H3,(H,50,53)(H,51,52)(H,54,60)(H,55,61)/t40-,41-,42-,43+/m0/s1. The largest absolute Gasteiger partial charge is 0.453 e. The summed E-state index contributed by atoms with van der Waals surface area (Å²) in [5.74, 6) is 1.03. The summed E-state index contributed by atoms with van der Waals surface area (Å²) in [4.78, 5) is 72.4. The number of imidazole rings is 2. The van der Waals surface area contributed by atoms with Gasteiger partial charge in [0.25, 0.3) is 5.91 Å². The molecular weight excluding hydrogens is 797 g/mol. The highest BCUT2D eigenvalue weighted by molar-refractivity contribution is 5.89. The number of fused-ring (bicyclic) bond motifs is 4. The Labute approximate surface area is 365 Å². The minimum Gasteiger partial charge on any atom is -0.453 e. The number of alkyl carbamates (subject to hydrolysis) is 2. The Morgan fingerprint density at radius 1 is 0.698 bits per heavy atom. The molecule has 4 N–H and O–H groups in total. The summed E-state index contributed by atoms with van der Waals surface area (Å²) in [7, 11) is 2.59. The maximum absolute atomic E-state index is 14.0. The molecule has 0 bridgehead atoms. The van der Waals surface area contributed by atoms with Gasteiger partial charge in [-0.05, 0) is 107 Å². The van der Waals surface area contributed by atoms with Crippen LogP contribution >= 0.6 is 0 Å². The van der Waals surface area contributed by atoms with Gasteiger partial charge in [-0.1, -0.05) is 80.6 Å². The van der Waals surface area contributed by atoms with Crippen LogP contribution in [0.1, 0.15) is 86.0 Å². The number of aromatic amines is 2. The molecule has 9 rings (SSSR count). The van der Waals surface area contributed by atoms with Crippen LogP contribution in [0.25, 0.3) is 44.5 Å².